The van der Waals surface area contributed by atoms with Crippen LogP contribution in [-0.2, 0) is 19.5 Å². The lowest BCUT2D eigenvalue weighted by Gasteiger charge is -2.35. The number of ether oxygens (including phenoxy) is 2. The van der Waals surface area contributed by atoms with Crippen LogP contribution in [0.4, 0.5) is 5.82 Å². The van der Waals surface area contributed by atoms with Gasteiger partial charge in [0.1, 0.15) is 10.7 Å². The maximum Gasteiger partial charge on any atom is 0.244 e. The Bertz CT molecular complexity index is 682. The first kappa shape index (κ1) is 20.5. The Morgan fingerprint density at radius 2 is 1.89 bits per heavy atom. The zero-order valence-corrected chi connectivity index (χ0v) is 17.0. The number of morpholine rings is 2. The molecule has 1 aromatic heterocycles. The molecule has 0 bridgehead atoms. The van der Waals surface area contributed by atoms with Crippen LogP contribution in [0.1, 0.15) is 20.3 Å². The van der Waals surface area contributed by atoms with Crippen molar-refractivity contribution in [3.63, 3.8) is 0 Å². The van der Waals surface area contributed by atoms with E-state index < -0.39 is 10.0 Å². The predicted octanol–water partition coefficient (Wildman–Crippen LogP) is 1.01. The first-order chi connectivity index (χ1) is 12.9. The molecule has 2 fully saturated rings. The van der Waals surface area contributed by atoms with E-state index in [1.807, 2.05) is 0 Å². The van der Waals surface area contributed by atoms with Gasteiger partial charge in [0.25, 0.3) is 0 Å². The predicted molar refractivity (Wildman–Crippen MR) is 103 cm³/mol. The van der Waals surface area contributed by atoms with Gasteiger partial charge in [0.2, 0.25) is 10.0 Å². The molecule has 0 saturated carbocycles. The Labute approximate surface area is 161 Å². The fourth-order valence-corrected chi connectivity index (χ4v) is 4.91. The largest absolute Gasteiger partial charge is 0.379 e. The van der Waals surface area contributed by atoms with Crippen LogP contribution in [0, 0.1) is 0 Å². The molecule has 1 N–H and O–H groups in total. The molecule has 2 aliphatic rings. The normalized spacial score (nSPS) is 25.4. The van der Waals surface area contributed by atoms with E-state index in [0.29, 0.717) is 32.1 Å². The minimum atomic E-state index is -3.48. The van der Waals surface area contributed by atoms with Gasteiger partial charge in [-0.05, 0) is 32.4 Å². The highest BCUT2D eigenvalue weighted by molar-refractivity contribution is 7.89. The minimum Gasteiger partial charge on any atom is -0.379 e. The molecule has 27 heavy (non-hydrogen) atoms. The Morgan fingerprint density at radius 1 is 1.19 bits per heavy atom. The molecule has 9 heteroatoms. The van der Waals surface area contributed by atoms with Gasteiger partial charge in [0, 0.05) is 45.5 Å². The highest BCUT2D eigenvalue weighted by Gasteiger charge is 2.26. The molecular weight excluding hydrogens is 368 g/mol. The Hall–Kier alpha value is -1.26. The van der Waals surface area contributed by atoms with Crippen LogP contribution in [0.25, 0.3) is 0 Å². The minimum absolute atomic E-state index is 0.228. The standard InChI is InChI=1S/C18H30N4O4S/c1-15-13-21(14-16(2)26-15)7-3-6-19-18-5-4-17(12-20-18)27(23,24)22-8-10-25-11-9-22/h4-5,12,15-16H,3,6-11,13-14H2,1-2H3,(H,19,20). The van der Waals surface area contributed by atoms with Gasteiger partial charge in [-0.3, -0.25) is 4.90 Å². The summed E-state index contributed by atoms with van der Waals surface area (Å²) in [4.78, 5) is 6.92. The van der Waals surface area contributed by atoms with Gasteiger partial charge < -0.3 is 14.8 Å². The zero-order valence-electron chi connectivity index (χ0n) is 16.1. The van der Waals surface area contributed by atoms with Crippen LogP contribution in [0.3, 0.4) is 0 Å². The van der Waals surface area contributed by atoms with Crippen molar-refractivity contribution in [2.24, 2.45) is 0 Å². The smallest absolute Gasteiger partial charge is 0.244 e. The van der Waals surface area contributed by atoms with Crippen LogP contribution in [0.5, 0.6) is 0 Å². The van der Waals surface area contributed by atoms with Crippen molar-refractivity contribution in [1.82, 2.24) is 14.2 Å². The summed E-state index contributed by atoms with van der Waals surface area (Å²) < 4.78 is 37.6. The molecule has 0 radical (unpaired) electrons. The van der Waals surface area contributed by atoms with E-state index in [1.165, 1.54) is 10.5 Å². The summed E-state index contributed by atoms with van der Waals surface area (Å²) in [6.45, 7) is 9.61. The summed E-state index contributed by atoms with van der Waals surface area (Å²) in [5.41, 5.74) is 0. The summed E-state index contributed by atoms with van der Waals surface area (Å²) in [6, 6.07) is 3.34. The first-order valence-electron chi connectivity index (χ1n) is 9.61. The number of pyridine rings is 1. The summed E-state index contributed by atoms with van der Waals surface area (Å²) in [7, 11) is -3.48. The Balaban J connectivity index is 1.45. The molecule has 1 aromatic rings. The number of hydrogen-bond donors (Lipinski definition) is 1. The maximum absolute atomic E-state index is 12.6. The van der Waals surface area contributed by atoms with Gasteiger partial charge in [-0.25, -0.2) is 13.4 Å². The third-order valence-corrected chi connectivity index (χ3v) is 6.68. The average molecular weight is 399 g/mol. The van der Waals surface area contributed by atoms with E-state index in [4.69, 9.17) is 9.47 Å². The molecule has 2 aliphatic heterocycles. The van der Waals surface area contributed by atoms with Gasteiger partial charge in [-0.15, -0.1) is 0 Å². The SMILES string of the molecule is CC1CN(CCCNc2ccc(S(=O)(=O)N3CCOCC3)cn2)CC(C)O1. The van der Waals surface area contributed by atoms with Crippen molar-refractivity contribution in [1.29, 1.82) is 0 Å². The number of hydrogen-bond acceptors (Lipinski definition) is 7. The first-order valence-corrected chi connectivity index (χ1v) is 11.0. The van der Waals surface area contributed by atoms with E-state index in [0.717, 1.165) is 32.6 Å². The third kappa shape index (κ3) is 5.61. The molecule has 0 amide bonds. The van der Waals surface area contributed by atoms with E-state index in [-0.39, 0.29) is 17.1 Å². The van der Waals surface area contributed by atoms with Crippen molar-refractivity contribution in [3.05, 3.63) is 18.3 Å². The molecule has 2 atom stereocenters. The Kier molecular flexibility index (Phi) is 7.04. The van der Waals surface area contributed by atoms with Gasteiger partial charge in [-0.1, -0.05) is 0 Å². The highest BCUT2D eigenvalue weighted by Crippen LogP contribution is 2.17. The van der Waals surface area contributed by atoms with Gasteiger partial charge in [0.05, 0.1) is 25.4 Å². The summed E-state index contributed by atoms with van der Waals surface area (Å²) in [5, 5.41) is 3.27. The second-order valence-corrected chi connectivity index (χ2v) is 9.13. The summed E-state index contributed by atoms with van der Waals surface area (Å²) in [6.07, 6.45) is 2.99. The van der Waals surface area contributed by atoms with Crippen molar-refractivity contribution in [2.75, 3.05) is 57.8 Å². The van der Waals surface area contributed by atoms with Gasteiger partial charge in [0.15, 0.2) is 0 Å². The molecular formula is C18H30N4O4S. The fraction of sp³-hybridized carbons (Fsp3) is 0.722. The Morgan fingerprint density at radius 3 is 2.52 bits per heavy atom. The van der Waals surface area contributed by atoms with Crippen LogP contribution >= 0.6 is 0 Å². The highest BCUT2D eigenvalue weighted by atomic mass is 32.2. The quantitative estimate of drug-likeness (QED) is 0.686. The van der Waals surface area contributed by atoms with Crippen molar-refractivity contribution < 1.29 is 17.9 Å². The third-order valence-electron chi connectivity index (χ3n) is 4.80. The topological polar surface area (TPSA) is 84.0 Å². The van der Waals surface area contributed by atoms with Crippen molar-refractivity contribution in [2.45, 2.75) is 37.4 Å². The second kappa shape index (κ2) is 9.29. The maximum atomic E-state index is 12.6. The fourth-order valence-electron chi connectivity index (χ4n) is 3.56. The van der Waals surface area contributed by atoms with E-state index in [9.17, 15) is 8.42 Å². The molecule has 152 valence electrons. The lowest BCUT2D eigenvalue weighted by molar-refractivity contribution is -0.0678. The average Bonchev–Trinajstić information content (AvgIpc) is 2.66. The number of sulfonamides is 1. The number of anilines is 1. The lowest BCUT2D eigenvalue weighted by atomic mass is 10.2. The molecule has 2 saturated heterocycles. The molecule has 3 heterocycles. The number of rotatable bonds is 7. The zero-order chi connectivity index (χ0) is 19.3. The van der Waals surface area contributed by atoms with Gasteiger partial charge in [-0.2, -0.15) is 4.31 Å². The van der Waals surface area contributed by atoms with E-state index in [2.05, 4.69) is 29.0 Å². The van der Waals surface area contributed by atoms with Crippen LogP contribution in [0.15, 0.2) is 23.2 Å². The monoisotopic (exact) mass is 398 g/mol. The van der Waals surface area contributed by atoms with Gasteiger partial charge >= 0.3 is 0 Å². The van der Waals surface area contributed by atoms with Crippen molar-refractivity contribution >= 4 is 15.8 Å². The van der Waals surface area contributed by atoms with Crippen LogP contribution in [0.2, 0.25) is 0 Å². The van der Waals surface area contributed by atoms with Crippen molar-refractivity contribution in [3.8, 4) is 0 Å². The number of nitrogens with one attached hydrogen (secondary N) is 1. The van der Waals surface area contributed by atoms with Crippen LogP contribution < -0.4 is 5.32 Å². The molecule has 0 aliphatic carbocycles. The molecule has 8 nitrogen and oxygen atoms in total. The van der Waals surface area contributed by atoms with E-state index >= 15 is 0 Å². The molecule has 0 spiro atoms. The molecule has 0 aromatic carbocycles. The van der Waals surface area contributed by atoms with Crippen LogP contribution in [-0.4, -0.2) is 87.3 Å². The second-order valence-electron chi connectivity index (χ2n) is 7.19. The molecule has 2 unspecified atom stereocenters. The summed E-state index contributed by atoms with van der Waals surface area (Å²) in [5.74, 6) is 0.694. The lowest BCUT2D eigenvalue weighted by Crippen LogP contribution is -2.45. The van der Waals surface area contributed by atoms with E-state index in [1.54, 1.807) is 12.1 Å². The summed E-state index contributed by atoms with van der Waals surface area (Å²) >= 11 is 0. The number of aromatic nitrogens is 1. The number of nitrogens with zero attached hydrogens (tertiary/aromatic N) is 3. The molecule has 3 rings (SSSR count).